The summed E-state index contributed by atoms with van der Waals surface area (Å²) in [6.45, 7) is 0. The minimum Gasteiger partial charge on any atom is -0.381 e. The third-order valence-corrected chi connectivity index (χ3v) is 12.1. The Labute approximate surface area is 297 Å². The van der Waals surface area contributed by atoms with Gasteiger partial charge in [0.2, 0.25) is 0 Å². The van der Waals surface area contributed by atoms with E-state index < -0.39 is 8.80 Å². The molecule has 49 heavy (non-hydrogen) atoms. The van der Waals surface area contributed by atoms with Crippen LogP contribution in [0.2, 0.25) is 0 Å². The summed E-state index contributed by atoms with van der Waals surface area (Å²) in [5.74, 6) is 0.840. The van der Waals surface area contributed by atoms with E-state index in [-0.39, 0.29) is 16.8 Å². The molecule has 5 nitrogen and oxygen atoms in total. The summed E-state index contributed by atoms with van der Waals surface area (Å²) >= 11 is 0. The molecule has 0 saturated carbocycles. The molecule has 0 amide bonds. The number of para-hydroxylation sites is 3. The fourth-order valence-electron chi connectivity index (χ4n) is 7.04. The summed E-state index contributed by atoms with van der Waals surface area (Å²) in [7, 11) is 2.84. The van der Waals surface area contributed by atoms with Gasteiger partial charge in [0.1, 0.15) is 14.6 Å². The molecule has 8 aromatic rings. The number of hydrogen-bond acceptors (Lipinski definition) is 3. The number of nitrogens with zero attached hydrogens (tertiary/aromatic N) is 5. The van der Waals surface area contributed by atoms with E-state index in [0.29, 0.717) is 0 Å². The normalized spacial score (nSPS) is 12.2. The maximum Gasteiger partial charge on any atom is 2.00 e. The molecule has 9 rings (SSSR count). The summed E-state index contributed by atoms with van der Waals surface area (Å²) in [5.41, 5.74) is 8.18. The number of anilines is 5. The van der Waals surface area contributed by atoms with Crippen LogP contribution >= 0.6 is 0 Å². The Balaban J connectivity index is 0.00000348. The minimum absolute atomic E-state index is 0. The molecular formula is C42H31CoN5Si+. The summed E-state index contributed by atoms with van der Waals surface area (Å²) in [6, 6.07) is 56.0. The molecule has 0 unspecified atom stereocenters. The Morgan fingerprint density at radius 1 is 0.694 bits per heavy atom. The molecular weight excluding hydrogens is 662 g/mol. The van der Waals surface area contributed by atoms with Crippen molar-refractivity contribution < 1.29 is 21.3 Å². The number of aromatic nitrogens is 3. The summed E-state index contributed by atoms with van der Waals surface area (Å²) < 4.78 is 2.05. The number of benzene rings is 6. The van der Waals surface area contributed by atoms with Gasteiger partial charge in [-0.1, -0.05) is 114 Å². The van der Waals surface area contributed by atoms with E-state index >= 15 is 0 Å². The first-order valence-corrected chi connectivity index (χ1v) is 17.6. The molecule has 6 aromatic carbocycles. The SMILES string of the molecule is CN1c2cc3cccc([Si](c4ccccc4)c4ccccc4)c3[c-]c2N(c2cccc(-c3cccc4c3[n-]c[n+]4C)n2)c2ccccc21.[Co+2]. The Morgan fingerprint density at radius 2 is 1.37 bits per heavy atom. The first-order chi connectivity index (χ1) is 23.7. The van der Waals surface area contributed by atoms with Crippen LogP contribution in [0.4, 0.5) is 28.6 Å². The molecule has 0 saturated heterocycles. The number of rotatable bonds is 5. The number of aryl methyl sites for hydroxylation is 1. The summed E-state index contributed by atoms with van der Waals surface area (Å²) in [5, 5.41) is 6.34. The Kier molecular flexibility index (Phi) is 7.88. The molecule has 7 heteroatoms. The molecule has 3 heterocycles. The van der Waals surface area contributed by atoms with Gasteiger partial charge in [-0.2, -0.15) is 0 Å². The predicted molar refractivity (Wildman–Crippen MR) is 198 cm³/mol. The topological polar surface area (TPSA) is 37.4 Å². The van der Waals surface area contributed by atoms with Crippen molar-refractivity contribution in [3.05, 3.63) is 158 Å². The van der Waals surface area contributed by atoms with Gasteiger partial charge < -0.3 is 14.4 Å². The molecule has 0 fully saturated rings. The minimum atomic E-state index is -1.33. The van der Waals surface area contributed by atoms with Crippen LogP contribution in [0.25, 0.3) is 33.1 Å². The van der Waals surface area contributed by atoms with Crippen molar-refractivity contribution in [1.29, 1.82) is 0 Å². The first-order valence-electron chi connectivity index (χ1n) is 16.1. The molecule has 2 aromatic heterocycles. The number of hydrogen-bond donors (Lipinski definition) is 0. The molecule has 0 aliphatic carbocycles. The predicted octanol–water partition coefficient (Wildman–Crippen LogP) is 6.70. The standard InChI is InChI=1S/C42H31N5Si.Co/c1-45-28-43-42-32(19-12-23-37(42)45)34-20-13-25-41(44-34)47-36-22-10-9-21-35(36)46(2)38-26-29-14-11-24-40(33(29)27-39(38)47)48(30-15-5-3-6-16-30)31-17-7-4-8-18-31;/h3-26,28H,1-2H3;/q-1;+2. The third kappa shape index (κ3) is 5.14. The van der Waals surface area contributed by atoms with E-state index in [4.69, 9.17) is 9.97 Å². The number of imidazole rings is 1. The zero-order valence-electron chi connectivity index (χ0n) is 27.0. The van der Waals surface area contributed by atoms with Crippen LogP contribution in [0.1, 0.15) is 0 Å². The molecule has 0 spiro atoms. The van der Waals surface area contributed by atoms with E-state index in [0.717, 1.165) is 56.2 Å². The van der Waals surface area contributed by atoms with Crippen LogP contribution in [0.5, 0.6) is 0 Å². The van der Waals surface area contributed by atoms with Crippen molar-refractivity contribution in [2.75, 3.05) is 16.8 Å². The Morgan fingerprint density at radius 3 is 2.12 bits per heavy atom. The Bertz CT molecular complexity index is 2420. The monoisotopic (exact) mass is 692 g/mol. The zero-order valence-corrected chi connectivity index (χ0v) is 29.0. The maximum absolute atomic E-state index is 5.33. The van der Waals surface area contributed by atoms with Gasteiger partial charge in [0.05, 0.1) is 34.4 Å². The van der Waals surface area contributed by atoms with Crippen LogP contribution in [-0.2, 0) is 23.8 Å². The quantitative estimate of drug-likeness (QED) is 0.0872. The van der Waals surface area contributed by atoms with E-state index in [9.17, 15) is 0 Å². The fourth-order valence-corrected chi connectivity index (χ4v) is 9.76. The third-order valence-electron chi connectivity index (χ3n) is 9.33. The van der Waals surface area contributed by atoms with Crippen LogP contribution in [0, 0.1) is 6.07 Å². The van der Waals surface area contributed by atoms with Crippen molar-refractivity contribution in [3.8, 4) is 11.3 Å². The summed E-state index contributed by atoms with van der Waals surface area (Å²) in [6.07, 6.45) is 1.86. The molecule has 236 valence electrons. The van der Waals surface area contributed by atoms with Crippen LogP contribution in [-0.4, -0.2) is 20.8 Å². The van der Waals surface area contributed by atoms with Gasteiger partial charge in [-0.3, -0.25) is 0 Å². The largest absolute Gasteiger partial charge is 2.00 e. The maximum atomic E-state index is 5.33. The van der Waals surface area contributed by atoms with Crippen molar-refractivity contribution in [1.82, 2.24) is 9.97 Å². The molecule has 0 N–H and O–H groups in total. The Hall–Kier alpha value is -5.48. The van der Waals surface area contributed by atoms with E-state index in [1.54, 1.807) is 0 Å². The van der Waals surface area contributed by atoms with E-state index in [2.05, 4.69) is 169 Å². The second kappa shape index (κ2) is 12.5. The van der Waals surface area contributed by atoms with Crippen molar-refractivity contribution >= 4 is 74.7 Å². The second-order valence-electron chi connectivity index (χ2n) is 12.2. The van der Waals surface area contributed by atoms with Gasteiger partial charge in [0.25, 0.3) is 0 Å². The van der Waals surface area contributed by atoms with E-state index in [1.807, 2.05) is 17.9 Å². The van der Waals surface area contributed by atoms with Crippen LogP contribution < -0.4 is 34.9 Å². The van der Waals surface area contributed by atoms with Crippen molar-refractivity contribution in [2.24, 2.45) is 7.05 Å². The van der Waals surface area contributed by atoms with Gasteiger partial charge in [0, 0.05) is 19.7 Å². The number of pyridine rings is 1. The van der Waals surface area contributed by atoms with Gasteiger partial charge in [-0.25, -0.2) is 9.97 Å². The van der Waals surface area contributed by atoms with Crippen LogP contribution in [0.3, 0.4) is 0 Å². The molecule has 2 radical (unpaired) electrons. The van der Waals surface area contributed by atoms with Gasteiger partial charge in [-0.15, -0.1) is 34.2 Å². The molecule has 1 aliphatic heterocycles. The first kappa shape index (κ1) is 30.8. The molecule has 0 bridgehead atoms. The van der Waals surface area contributed by atoms with Gasteiger partial charge in [-0.05, 0) is 41.7 Å². The van der Waals surface area contributed by atoms with Crippen molar-refractivity contribution in [2.45, 2.75) is 0 Å². The van der Waals surface area contributed by atoms with Crippen molar-refractivity contribution in [3.63, 3.8) is 0 Å². The van der Waals surface area contributed by atoms with Gasteiger partial charge >= 0.3 is 16.8 Å². The second-order valence-corrected chi connectivity index (χ2v) is 14.6. The summed E-state index contributed by atoms with van der Waals surface area (Å²) in [4.78, 5) is 14.6. The average molecular weight is 693 g/mol. The smallest absolute Gasteiger partial charge is 0.381 e. The number of fused-ring (bicyclic) bond motifs is 4. The van der Waals surface area contributed by atoms with E-state index in [1.165, 1.54) is 20.9 Å². The molecule has 0 atom stereocenters. The molecule has 1 aliphatic rings. The van der Waals surface area contributed by atoms with Crippen LogP contribution in [0.15, 0.2) is 152 Å². The van der Waals surface area contributed by atoms with Gasteiger partial charge in [0.15, 0.2) is 0 Å². The zero-order chi connectivity index (χ0) is 32.2. The fraction of sp³-hybridized carbons (Fsp3) is 0.0476. The average Bonchev–Trinajstić information content (AvgIpc) is 3.53.